The third-order valence-electron chi connectivity index (χ3n) is 6.46. The van der Waals surface area contributed by atoms with Gasteiger partial charge in [0.15, 0.2) is 0 Å². The van der Waals surface area contributed by atoms with E-state index < -0.39 is 0 Å². The Kier molecular flexibility index (Phi) is 6.80. The van der Waals surface area contributed by atoms with Gasteiger partial charge < -0.3 is 14.0 Å². The first-order chi connectivity index (χ1) is 17.2. The Balaban J connectivity index is 1.38. The molecule has 1 heterocycles. The lowest BCUT2D eigenvalue weighted by molar-refractivity contribution is 0.306. The highest BCUT2D eigenvalue weighted by Crippen LogP contribution is 2.31. The number of pyridine rings is 1. The predicted octanol–water partition coefficient (Wildman–Crippen LogP) is 6.36. The molecule has 1 aliphatic carbocycles. The maximum atomic E-state index is 12.9. The average molecular weight is 464 g/mol. The summed E-state index contributed by atoms with van der Waals surface area (Å²) in [5.74, 6) is 1.70. The fourth-order valence-corrected chi connectivity index (χ4v) is 4.58. The van der Waals surface area contributed by atoms with Crippen LogP contribution in [0.25, 0.3) is 11.6 Å². The molecule has 1 aromatic heterocycles. The monoisotopic (exact) mass is 463 g/mol. The van der Waals surface area contributed by atoms with Gasteiger partial charge in [0, 0.05) is 11.8 Å². The Morgan fingerprint density at radius 1 is 0.800 bits per heavy atom. The highest BCUT2D eigenvalue weighted by molar-refractivity contribution is 5.82. The van der Waals surface area contributed by atoms with Gasteiger partial charge in [-0.2, -0.15) is 0 Å². The zero-order valence-corrected chi connectivity index (χ0v) is 19.9. The zero-order chi connectivity index (χ0) is 24.0. The number of aromatic nitrogens is 1. The number of fused-ring (bicyclic) bond motifs is 1. The summed E-state index contributed by atoms with van der Waals surface area (Å²) in [5.41, 5.74) is 6.85. The van der Waals surface area contributed by atoms with Gasteiger partial charge in [-0.3, -0.25) is 4.79 Å². The van der Waals surface area contributed by atoms with Gasteiger partial charge in [-0.15, -0.1) is 0 Å². The second-order valence-corrected chi connectivity index (χ2v) is 8.84. The van der Waals surface area contributed by atoms with Crippen LogP contribution in [0.4, 0.5) is 0 Å². The number of aryl methyl sites for hydroxylation is 1. The van der Waals surface area contributed by atoms with Crippen molar-refractivity contribution < 1.29 is 9.47 Å². The van der Waals surface area contributed by atoms with Crippen LogP contribution in [0.3, 0.4) is 0 Å². The molecule has 0 aliphatic heterocycles. The molecule has 3 aromatic carbocycles. The van der Waals surface area contributed by atoms with Crippen LogP contribution in [0.5, 0.6) is 11.5 Å². The van der Waals surface area contributed by atoms with Gasteiger partial charge in [0.1, 0.15) is 18.1 Å². The largest absolute Gasteiger partial charge is 0.497 e. The fourth-order valence-electron chi connectivity index (χ4n) is 4.58. The first-order valence-corrected chi connectivity index (χ1v) is 12.0. The van der Waals surface area contributed by atoms with E-state index in [4.69, 9.17) is 9.47 Å². The van der Waals surface area contributed by atoms with Gasteiger partial charge in [0.2, 0.25) is 0 Å². The second-order valence-electron chi connectivity index (χ2n) is 8.84. The first-order valence-electron chi connectivity index (χ1n) is 12.0. The Labute approximate surface area is 206 Å². The molecule has 4 heteroatoms. The zero-order valence-electron chi connectivity index (χ0n) is 19.9. The minimum absolute atomic E-state index is 0.00649. The number of hydrogen-bond donors (Lipinski definition) is 0. The molecule has 0 unspecified atom stereocenters. The summed E-state index contributed by atoms with van der Waals surface area (Å²) < 4.78 is 13.2. The summed E-state index contributed by atoms with van der Waals surface area (Å²) in [5, 5.41) is 0. The smallest absolute Gasteiger partial charge is 0.251 e. The van der Waals surface area contributed by atoms with Gasteiger partial charge in [-0.25, -0.2) is 0 Å². The lowest BCUT2D eigenvalue weighted by Crippen LogP contribution is -2.22. The number of methoxy groups -OCH3 is 1. The van der Waals surface area contributed by atoms with Crippen LogP contribution >= 0.6 is 0 Å². The molecule has 176 valence electrons. The predicted molar refractivity (Wildman–Crippen MR) is 141 cm³/mol. The average Bonchev–Trinajstić information content (AvgIpc) is 3.12. The van der Waals surface area contributed by atoms with E-state index in [1.165, 1.54) is 16.7 Å². The molecule has 0 bridgehead atoms. The van der Waals surface area contributed by atoms with Crippen molar-refractivity contribution in [2.24, 2.45) is 0 Å². The molecular weight excluding hydrogens is 434 g/mol. The van der Waals surface area contributed by atoms with Crippen LogP contribution in [0.2, 0.25) is 0 Å². The maximum Gasteiger partial charge on any atom is 0.251 e. The van der Waals surface area contributed by atoms with Gasteiger partial charge in [0.05, 0.1) is 13.7 Å². The van der Waals surface area contributed by atoms with Crippen molar-refractivity contribution in [3.63, 3.8) is 0 Å². The molecule has 0 fully saturated rings. The van der Waals surface area contributed by atoms with Gasteiger partial charge in [-0.1, -0.05) is 54.6 Å². The molecule has 5 rings (SSSR count). The van der Waals surface area contributed by atoms with E-state index in [0.717, 1.165) is 47.6 Å². The van der Waals surface area contributed by atoms with Crippen LogP contribution in [0.15, 0.2) is 95.8 Å². The molecule has 35 heavy (non-hydrogen) atoms. The maximum absolute atomic E-state index is 12.9. The summed E-state index contributed by atoms with van der Waals surface area (Å²) in [4.78, 5) is 12.9. The van der Waals surface area contributed by atoms with Crippen LogP contribution in [0.1, 0.15) is 40.8 Å². The summed E-state index contributed by atoms with van der Waals surface area (Å²) in [7, 11) is 1.70. The van der Waals surface area contributed by atoms with Crippen LogP contribution < -0.4 is 15.0 Å². The summed E-state index contributed by atoms with van der Waals surface area (Å²) >= 11 is 0. The van der Waals surface area contributed by atoms with Crippen molar-refractivity contribution in [3.8, 4) is 11.5 Å². The van der Waals surface area contributed by atoms with Crippen LogP contribution in [-0.4, -0.2) is 11.7 Å². The lowest BCUT2D eigenvalue weighted by atomic mass is 10.0. The van der Waals surface area contributed by atoms with Crippen molar-refractivity contribution in [1.29, 1.82) is 0 Å². The highest BCUT2D eigenvalue weighted by Gasteiger charge is 2.15. The fraction of sp³-hybridized carbons (Fsp3) is 0.194. The van der Waals surface area contributed by atoms with E-state index in [9.17, 15) is 4.79 Å². The quantitative estimate of drug-likeness (QED) is 0.320. The number of allylic oxidation sites excluding steroid dienone is 1. The minimum atomic E-state index is 0.00649. The lowest BCUT2D eigenvalue weighted by Gasteiger charge is -2.15. The van der Waals surface area contributed by atoms with E-state index in [0.29, 0.717) is 13.2 Å². The van der Waals surface area contributed by atoms with E-state index in [-0.39, 0.29) is 5.56 Å². The van der Waals surface area contributed by atoms with Gasteiger partial charge in [-0.05, 0) is 83.5 Å². The van der Waals surface area contributed by atoms with Crippen molar-refractivity contribution in [2.45, 2.75) is 32.4 Å². The van der Waals surface area contributed by atoms with E-state index in [1.54, 1.807) is 13.2 Å². The third kappa shape index (κ3) is 5.38. The molecule has 4 aromatic rings. The Bertz CT molecular complexity index is 1390. The molecule has 0 atom stereocenters. The number of benzene rings is 3. The van der Waals surface area contributed by atoms with Crippen molar-refractivity contribution in [1.82, 2.24) is 4.57 Å². The molecule has 0 spiro atoms. The van der Waals surface area contributed by atoms with E-state index in [1.807, 2.05) is 59.2 Å². The molecule has 0 N–H and O–H groups in total. The minimum Gasteiger partial charge on any atom is -0.497 e. The molecule has 0 saturated heterocycles. The summed E-state index contributed by atoms with van der Waals surface area (Å²) in [6.07, 6.45) is 5.18. The Morgan fingerprint density at radius 2 is 1.60 bits per heavy atom. The molecule has 0 amide bonds. The molecular formula is C31H29NO3. The van der Waals surface area contributed by atoms with E-state index in [2.05, 4.69) is 36.4 Å². The Hall–Kier alpha value is -4.05. The number of ether oxygens (including phenoxy) is 2. The number of rotatable bonds is 7. The van der Waals surface area contributed by atoms with Crippen LogP contribution in [0, 0.1) is 0 Å². The van der Waals surface area contributed by atoms with Crippen molar-refractivity contribution >= 4 is 11.6 Å². The SMILES string of the molecule is COc1ccc2c(c1)CCCC(c1cccc(=O)n1Cc1ccc(OCc3ccccc3)cc1)=C2. The Morgan fingerprint density at radius 3 is 2.40 bits per heavy atom. The van der Waals surface area contributed by atoms with Crippen molar-refractivity contribution in [3.05, 3.63) is 129 Å². The van der Waals surface area contributed by atoms with Crippen molar-refractivity contribution in [2.75, 3.05) is 7.11 Å². The van der Waals surface area contributed by atoms with Crippen LogP contribution in [-0.2, 0) is 19.6 Å². The highest BCUT2D eigenvalue weighted by atomic mass is 16.5. The van der Waals surface area contributed by atoms with Gasteiger partial charge >= 0.3 is 0 Å². The molecule has 0 radical (unpaired) electrons. The summed E-state index contributed by atoms with van der Waals surface area (Å²) in [6, 6.07) is 29.9. The van der Waals surface area contributed by atoms with Gasteiger partial charge in [0.25, 0.3) is 5.56 Å². The standard InChI is InChI=1S/C31H29NO3/c1-34-29-18-15-26-19-27(10-5-9-25(26)20-29)30-11-6-12-31(33)32(30)21-23-13-16-28(17-14-23)35-22-24-7-3-2-4-8-24/h2-4,6-8,11-20H,5,9-10,21-22H2,1H3. The first kappa shape index (κ1) is 22.7. The summed E-state index contributed by atoms with van der Waals surface area (Å²) in [6.45, 7) is 1.05. The third-order valence-corrected chi connectivity index (χ3v) is 6.46. The normalized spacial score (nSPS) is 12.9. The molecule has 0 saturated carbocycles. The molecule has 4 nitrogen and oxygen atoms in total. The number of nitrogens with zero attached hydrogens (tertiary/aromatic N) is 1. The van der Waals surface area contributed by atoms with E-state index >= 15 is 0 Å². The molecule has 1 aliphatic rings. The number of hydrogen-bond acceptors (Lipinski definition) is 3. The topological polar surface area (TPSA) is 40.5 Å². The second kappa shape index (κ2) is 10.5.